The molecule has 0 bridgehead atoms. The Hall–Kier alpha value is -1.37. The fraction of sp³-hybridized carbons (Fsp3) is 0.588. The van der Waals surface area contributed by atoms with E-state index in [1.165, 1.54) is 23.9 Å². The maximum Gasteiger partial charge on any atom is 0.573 e. The summed E-state index contributed by atoms with van der Waals surface area (Å²) in [7, 11) is 0. The van der Waals surface area contributed by atoms with E-state index in [0.717, 1.165) is 24.8 Å². The number of carbonyl (C=O) groups is 1. The molecule has 2 unspecified atom stereocenters. The van der Waals surface area contributed by atoms with Crippen LogP contribution in [0.5, 0.6) is 5.75 Å². The Morgan fingerprint density at radius 1 is 1.21 bits per heavy atom. The smallest absolute Gasteiger partial charge is 0.406 e. The number of benzene rings is 1. The first kappa shape index (κ1) is 19.0. The zero-order valence-electron chi connectivity index (χ0n) is 13.8. The number of hydrogen-bond acceptors (Lipinski definition) is 3. The summed E-state index contributed by atoms with van der Waals surface area (Å²) in [6.07, 6.45) is -1.43. The maximum absolute atomic E-state index is 12.4. The molecular formula is C17H22F3NO2S. The summed E-state index contributed by atoms with van der Waals surface area (Å²) >= 11 is 1.48. The molecule has 0 N–H and O–H groups in total. The lowest BCUT2D eigenvalue weighted by Crippen LogP contribution is -2.48. The number of piperidine rings is 1. The van der Waals surface area contributed by atoms with Crippen LogP contribution >= 0.6 is 11.8 Å². The highest BCUT2D eigenvalue weighted by Gasteiger charge is 2.31. The Morgan fingerprint density at radius 2 is 1.79 bits per heavy atom. The van der Waals surface area contributed by atoms with Crippen LogP contribution in [0.1, 0.15) is 38.7 Å². The van der Waals surface area contributed by atoms with E-state index in [-0.39, 0.29) is 23.7 Å². The topological polar surface area (TPSA) is 29.5 Å². The van der Waals surface area contributed by atoms with Gasteiger partial charge in [0, 0.05) is 17.8 Å². The monoisotopic (exact) mass is 361 g/mol. The molecule has 1 amide bonds. The first-order chi connectivity index (χ1) is 11.3. The number of rotatable bonds is 5. The summed E-state index contributed by atoms with van der Waals surface area (Å²) in [5.74, 6) is 0.865. The van der Waals surface area contributed by atoms with Crippen molar-refractivity contribution in [1.29, 1.82) is 0 Å². The van der Waals surface area contributed by atoms with Gasteiger partial charge in [-0.3, -0.25) is 4.79 Å². The Labute approximate surface area is 144 Å². The molecule has 2 atom stereocenters. The van der Waals surface area contributed by atoms with Crippen molar-refractivity contribution in [3.8, 4) is 5.75 Å². The molecule has 1 heterocycles. The van der Waals surface area contributed by atoms with Gasteiger partial charge in [-0.2, -0.15) is 0 Å². The highest BCUT2D eigenvalue weighted by atomic mass is 32.2. The van der Waals surface area contributed by atoms with Crippen LogP contribution in [0.25, 0.3) is 0 Å². The fourth-order valence-electron chi connectivity index (χ4n) is 3.03. The molecule has 0 spiro atoms. The predicted molar refractivity (Wildman–Crippen MR) is 88.9 cm³/mol. The Kier molecular flexibility index (Phi) is 6.43. The molecule has 24 heavy (non-hydrogen) atoms. The second-order valence-electron chi connectivity index (χ2n) is 6.11. The predicted octanol–water partition coefficient (Wildman–Crippen LogP) is 4.61. The van der Waals surface area contributed by atoms with Crippen molar-refractivity contribution >= 4 is 17.7 Å². The highest BCUT2D eigenvalue weighted by molar-refractivity contribution is 7.99. The number of carbonyl (C=O) groups excluding carboxylic acids is 1. The molecule has 0 aliphatic carbocycles. The van der Waals surface area contributed by atoms with E-state index in [1.807, 2.05) is 4.90 Å². The van der Waals surface area contributed by atoms with E-state index in [2.05, 4.69) is 18.6 Å². The van der Waals surface area contributed by atoms with Crippen LogP contribution in [0, 0.1) is 0 Å². The third-order valence-corrected chi connectivity index (χ3v) is 5.12. The third kappa shape index (κ3) is 5.61. The molecule has 0 saturated carbocycles. The maximum atomic E-state index is 12.4. The number of nitrogens with zero attached hydrogens (tertiary/aromatic N) is 1. The van der Waals surface area contributed by atoms with Crippen molar-refractivity contribution in [2.24, 2.45) is 0 Å². The van der Waals surface area contributed by atoms with Crippen molar-refractivity contribution in [3.05, 3.63) is 29.8 Å². The Bertz CT molecular complexity index is 538. The zero-order chi connectivity index (χ0) is 17.7. The molecule has 2 rings (SSSR count). The molecule has 0 radical (unpaired) electrons. The normalized spacial score (nSPS) is 21.6. The fourth-order valence-corrected chi connectivity index (χ4v) is 3.88. The summed E-state index contributed by atoms with van der Waals surface area (Å²) < 4.78 is 40.1. The van der Waals surface area contributed by atoms with Gasteiger partial charge in [0.15, 0.2) is 0 Å². The summed E-state index contributed by atoms with van der Waals surface area (Å²) in [6, 6.07) is 6.32. The van der Waals surface area contributed by atoms with Crippen LogP contribution in [0.2, 0.25) is 0 Å². The number of ether oxygens (including phenoxy) is 1. The van der Waals surface area contributed by atoms with Crippen molar-refractivity contribution in [1.82, 2.24) is 4.90 Å². The number of amides is 1. The SMILES string of the molecule is CC1CCCC(C)N1C(=O)CSCc1ccc(OC(F)(F)F)cc1. The van der Waals surface area contributed by atoms with Gasteiger partial charge < -0.3 is 9.64 Å². The van der Waals surface area contributed by atoms with Crippen LogP contribution in [0.4, 0.5) is 13.2 Å². The second-order valence-corrected chi connectivity index (χ2v) is 7.10. The van der Waals surface area contributed by atoms with E-state index in [4.69, 9.17) is 0 Å². The van der Waals surface area contributed by atoms with Gasteiger partial charge in [-0.15, -0.1) is 24.9 Å². The molecule has 3 nitrogen and oxygen atoms in total. The summed E-state index contributed by atoms with van der Waals surface area (Å²) in [5, 5.41) is 0. The molecular weight excluding hydrogens is 339 g/mol. The number of hydrogen-bond donors (Lipinski definition) is 0. The number of alkyl halides is 3. The molecule has 1 aliphatic heterocycles. The lowest BCUT2D eigenvalue weighted by molar-refractivity contribution is -0.274. The summed E-state index contributed by atoms with van der Waals surface area (Å²) in [5.41, 5.74) is 0.863. The van der Waals surface area contributed by atoms with E-state index in [1.54, 1.807) is 12.1 Å². The van der Waals surface area contributed by atoms with Gasteiger partial charge in [0.05, 0.1) is 5.75 Å². The quantitative estimate of drug-likeness (QED) is 0.767. The average Bonchev–Trinajstić information content (AvgIpc) is 2.47. The minimum absolute atomic E-state index is 0.136. The Balaban J connectivity index is 1.80. The van der Waals surface area contributed by atoms with Gasteiger partial charge in [0.1, 0.15) is 5.75 Å². The van der Waals surface area contributed by atoms with Crippen molar-refractivity contribution in [3.63, 3.8) is 0 Å². The molecule has 0 aromatic heterocycles. The van der Waals surface area contributed by atoms with Gasteiger partial charge in [-0.1, -0.05) is 12.1 Å². The minimum atomic E-state index is -4.68. The molecule has 134 valence electrons. The minimum Gasteiger partial charge on any atom is -0.406 e. The molecule has 7 heteroatoms. The first-order valence-corrected chi connectivity index (χ1v) is 9.15. The van der Waals surface area contributed by atoms with E-state index < -0.39 is 6.36 Å². The average molecular weight is 361 g/mol. The van der Waals surface area contributed by atoms with E-state index >= 15 is 0 Å². The van der Waals surface area contributed by atoms with Gasteiger partial charge >= 0.3 is 6.36 Å². The third-order valence-electron chi connectivity index (χ3n) is 4.13. The highest BCUT2D eigenvalue weighted by Crippen LogP contribution is 2.25. The van der Waals surface area contributed by atoms with Crippen LogP contribution in [-0.4, -0.2) is 35.0 Å². The van der Waals surface area contributed by atoms with Crippen LogP contribution in [0.15, 0.2) is 24.3 Å². The van der Waals surface area contributed by atoms with Gasteiger partial charge in [0.25, 0.3) is 0 Å². The summed E-state index contributed by atoms with van der Waals surface area (Å²) in [6.45, 7) is 4.16. The van der Waals surface area contributed by atoms with Gasteiger partial charge in [-0.25, -0.2) is 0 Å². The van der Waals surface area contributed by atoms with Crippen LogP contribution in [-0.2, 0) is 10.5 Å². The molecule has 1 saturated heterocycles. The standard InChI is InChI=1S/C17H22F3NO2S/c1-12-4-3-5-13(2)21(12)16(22)11-24-10-14-6-8-15(9-7-14)23-17(18,19)20/h6-9,12-13H,3-5,10-11H2,1-2H3. The Morgan fingerprint density at radius 3 is 2.33 bits per heavy atom. The molecule has 1 aliphatic rings. The molecule has 1 aromatic carbocycles. The zero-order valence-corrected chi connectivity index (χ0v) is 14.6. The lowest BCUT2D eigenvalue weighted by Gasteiger charge is -2.39. The van der Waals surface area contributed by atoms with Gasteiger partial charge in [0.2, 0.25) is 5.91 Å². The largest absolute Gasteiger partial charge is 0.573 e. The number of halogens is 3. The number of likely N-dealkylation sites (tertiary alicyclic amines) is 1. The van der Waals surface area contributed by atoms with Crippen LogP contribution < -0.4 is 4.74 Å². The molecule has 1 aromatic rings. The van der Waals surface area contributed by atoms with Crippen molar-refractivity contribution < 1.29 is 22.7 Å². The van der Waals surface area contributed by atoms with Crippen LogP contribution in [0.3, 0.4) is 0 Å². The van der Waals surface area contributed by atoms with E-state index in [9.17, 15) is 18.0 Å². The lowest BCUT2D eigenvalue weighted by atomic mass is 9.98. The molecule has 1 fully saturated rings. The van der Waals surface area contributed by atoms with E-state index in [0.29, 0.717) is 11.5 Å². The van der Waals surface area contributed by atoms with Gasteiger partial charge in [-0.05, 0) is 50.8 Å². The second kappa shape index (κ2) is 8.14. The number of thioether (sulfide) groups is 1. The summed E-state index contributed by atoms with van der Waals surface area (Å²) in [4.78, 5) is 14.3. The first-order valence-electron chi connectivity index (χ1n) is 8.00. The van der Waals surface area contributed by atoms with Crippen molar-refractivity contribution in [2.75, 3.05) is 5.75 Å². The van der Waals surface area contributed by atoms with Crippen molar-refractivity contribution in [2.45, 2.75) is 57.3 Å².